The number of anilines is 1. The number of amides is 2. The number of nitrogens with zero attached hydrogens (tertiary/aromatic N) is 3. The normalized spacial score (nSPS) is 14.1. The number of methoxy groups -OCH3 is 1. The Balaban J connectivity index is 1.88. The highest BCUT2D eigenvalue weighted by Crippen LogP contribution is 2.24. The van der Waals surface area contributed by atoms with Crippen LogP contribution in [0.1, 0.15) is 33.3 Å². The molecule has 0 bridgehead atoms. The van der Waals surface area contributed by atoms with Crippen molar-refractivity contribution in [1.82, 2.24) is 14.7 Å². The van der Waals surface area contributed by atoms with Crippen molar-refractivity contribution < 1.29 is 19.1 Å². The Morgan fingerprint density at radius 3 is 2.70 bits per heavy atom. The van der Waals surface area contributed by atoms with E-state index in [1.807, 2.05) is 13.8 Å². The van der Waals surface area contributed by atoms with Gasteiger partial charge in [-0.1, -0.05) is 6.07 Å². The number of aryl methyl sites for hydroxylation is 1. The minimum atomic E-state index is -0.307. The van der Waals surface area contributed by atoms with Crippen molar-refractivity contribution >= 4 is 17.5 Å². The number of nitrogens with one attached hydrogen (secondary N) is 1. The third kappa shape index (κ3) is 3.80. The zero-order valence-corrected chi connectivity index (χ0v) is 15.8. The Kier molecular flexibility index (Phi) is 5.75. The number of benzene rings is 1. The van der Waals surface area contributed by atoms with E-state index in [-0.39, 0.29) is 11.8 Å². The maximum Gasteiger partial charge on any atom is 0.274 e. The molecule has 0 saturated carbocycles. The second kappa shape index (κ2) is 8.22. The Hall–Kier alpha value is -2.87. The first kappa shape index (κ1) is 18.9. The molecule has 2 heterocycles. The highest BCUT2D eigenvalue weighted by Gasteiger charge is 2.26. The quantitative estimate of drug-likeness (QED) is 0.867. The third-order valence-electron chi connectivity index (χ3n) is 4.64. The maximum atomic E-state index is 13.0. The van der Waals surface area contributed by atoms with Gasteiger partial charge >= 0.3 is 0 Å². The number of carbonyl (C=O) groups is 2. The average molecular weight is 372 g/mol. The molecule has 0 radical (unpaired) electrons. The summed E-state index contributed by atoms with van der Waals surface area (Å²) >= 11 is 0. The van der Waals surface area contributed by atoms with Gasteiger partial charge in [-0.15, -0.1) is 0 Å². The number of carbonyl (C=O) groups excluding carboxylic acids is 2. The average Bonchev–Trinajstić information content (AvgIpc) is 3.10. The number of rotatable bonds is 5. The first-order valence-corrected chi connectivity index (χ1v) is 8.94. The first-order valence-electron chi connectivity index (χ1n) is 8.94. The molecule has 0 unspecified atom stereocenters. The highest BCUT2D eigenvalue weighted by atomic mass is 16.5. The lowest BCUT2D eigenvalue weighted by molar-refractivity contribution is 0.0295. The van der Waals surface area contributed by atoms with E-state index in [1.165, 1.54) is 6.20 Å². The predicted molar refractivity (Wildman–Crippen MR) is 100 cm³/mol. The van der Waals surface area contributed by atoms with Gasteiger partial charge < -0.3 is 19.7 Å². The molecule has 1 aliphatic rings. The van der Waals surface area contributed by atoms with Crippen LogP contribution >= 0.6 is 0 Å². The molecule has 8 heteroatoms. The molecule has 1 aromatic carbocycles. The minimum Gasteiger partial charge on any atom is -0.496 e. The van der Waals surface area contributed by atoms with Crippen LogP contribution in [-0.4, -0.2) is 59.9 Å². The third-order valence-corrected chi connectivity index (χ3v) is 4.64. The molecule has 0 spiro atoms. The number of hydrogen-bond donors (Lipinski definition) is 1. The van der Waals surface area contributed by atoms with Gasteiger partial charge in [0.15, 0.2) is 0 Å². The molecule has 1 aliphatic heterocycles. The molecule has 2 aromatic rings. The van der Waals surface area contributed by atoms with Gasteiger partial charge in [-0.25, -0.2) is 0 Å². The van der Waals surface area contributed by atoms with E-state index < -0.39 is 0 Å². The largest absolute Gasteiger partial charge is 0.496 e. The summed E-state index contributed by atoms with van der Waals surface area (Å²) in [5.74, 6) is 0.171. The fourth-order valence-corrected chi connectivity index (χ4v) is 3.13. The van der Waals surface area contributed by atoms with E-state index in [0.29, 0.717) is 55.5 Å². The van der Waals surface area contributed by atoms with Gasteiger partial charge in [-0.2, -0.15) is 5.10 Å². The molecule has 1 aromatic heterocycles. The van der Waals surface area contributed by atoms with Crippen LogP contribution in [0.25, 0.3) is 0 Å². The van der Waals surface area contributed by atoms with Crippen LogP contribution in [0.5, 0.6) is 5.75 Å². The minimum absolute atomic E-state index is 0.157. The van der Waals surface area contributed by atoms with Gasteiger partial charge in [0.2, 0.25) is 0 Å². The molecule has 2 amide bonds. The predicted octanol–water partition coefficient (Wildman–Crippen LogP) is 1.94. The van der Waals surface area contributed by atoms with Crippen molar-refractivity contribution in [3.05, 3.63) is 41.2 Å². The Bertz CT molecular complexity index is 840. The molecule has 1 saturated heterocycles. The van der Waals surface area contributed by atoms with Gasteiger partial charge in [0.05, 0.1) is 32.2 Å². The van der Waals surface area contributed by atoms with E-state index in [4.69, 9.17) is 9.47 Å². The number of aromatic nitrogens is 2. The summed E-state index contributed by atoms with van der Waals surface area (Å²) in [6, 6.07) is 5.28. The first-order chi connectivity index (χ1) is 13.1. The number of morpholine rings is 1. The zero-order chi connectivity index (χ0) is 19.4. The van der Waals surface area contributed by atoms with Crippen LogP contribution in [-0.2, 0) is 11.3 Å². The van der Waals surface area contributed by atoms with Gasteiger partial charge in [-0.3, -0.25) is 14.3 Å². The lowest BCUT2D eigenvalue weighted by Gasteiger charge is -2.27. The van der Waals surface area contributed by atoms with Crippen molar-refractivity contribution in [2.24, 2.45) is 0 Å². The Labute approximate surface area is 158 Å². The van der Waals surface area contributed by atoms with Crippen LogP contribution in [0, 0.1) is 6.92 Å². The van der Waals surface area contributed by atoms with Crippen LogP contribution in [0.4, 0.5) is 5.69 Å². The number of hydrogen-bond acceptors (Lipinski definition) is 5. The summed E-state index contributed by atoms with van der Waals surface area (Å²) in [4.78, 5) is 27.5. The summed E-state index contributed by atoms with van der Waals surface area (Å²) in [7, 11) is 1.56. The van der Waals surface area contributed by atoms with Crippen molar-refractivity contribution in [3.63, 3.8) is 0 Å². The van der Waals surface area contributed by atoms with Gasteiger partial charge in [0, 0.05) is 30.8 Å². The van der Waals surface area contributed by atoms with Crippen molar-refractivity contribution in [2.75, 3.05) is 38.7 Å². The number of ether oxygens (including phenoxy) is 2. The molecular formula is C19H24N4O4. The fraction of sp³-hybridized carbons (Fsp3) is 0.421. The molecule has 144 valence electrons. The summed E-state index contributed by atoms with van der Waals surface area (Å²) < 4.78 is 12.2. The van der Waals surface area contributed by atoms with Crippen LogP contribution in [0.2, 0.25) is 0 Å². The molecule has 3 rings (SSSR count). The van der Waals surface area contributed by atoms with E-state index in [1.54, 1.807) is 34.9 Å². The monoisotopic (exact) mass is 372 g/mol. The second-order valence-electron chi connectivity index (χ2n) is 6.21. The van der Waals surface area contributed by atoms with Gasteiger partial charge in [0.25, 0.3) is 11.8 Å². The van der Waals surface area contributed by atoms with Crippen LogP contribution in [0.15, 0.2) is 24.4 Å². The lowest BCUT2D eigenvalue weighted by atomic mass is 10.1. The van der Waals surface area contributed by atoms with E-state index in [9.17, 15) is 9.59 Å². The molecular weight excluding hydrogens is 348 g/mol. The topological polar surface area (TPSA) is 85.7 Å². The van der Waals surface area contributed by atoms with E-state index in [0.717, 1.165) is 5.56 Å². The summed E-state index contributed by atoms with van der Waals surface area (Å²) in [6.45, 7) is 6.32. The molecule has 8 nitrogen and oxygen atoms in total. The fourth-order valence-electron chi connectivity index (χ4n) is 3.13. The summed E-state index contributed by atoms with van der Waals surface area (Å²) in [5.41, 5.74) is 2.01. The van der Waals surface area contributed by atoms with Crippen molar-refractivity contribution in [1.29, 1.82) is 0 Å². The lowest BCUT2D eigenvalue weighted by Crippen LogP contribution is -2.41. The zero-order valence-electron chi connectivity index (χ0n) is 15.8. The molecule has 1 fully saturated rings. The Morgan fingerprint density at radius 2 is 2.04 bits per heavy atom. The highest BCUT2D eigenvalue weighted by molar-refractivity contribution is 6.09. The summed E-state index contributed by atoms with van der Waals surface area (Å²) in [6.07, 6.45) is 1.52. The standard InChI is InChI=1S/C19H24N4O4/c1-4-23-17(19(25)22-8-10-27-11-9-22)15(12-20-23)21-18(24)14-6-5-7-16(26-3)13(14)2/h5-7,12H,4,8-11H2,1-3H3,(H,21,24). The molecule has 1 N–H and O–H groups in total. The van der Waals surface area contributed by atoms with Crippen molar-refractivity contribution in [3.8, 4) is 5.75 Å². The van der Waals surface area contributed by atoms with Crippen molar-refractivity contribution in [2.45, 2.75) is 20.4 Å². The van der Waals surface area contributed by atoms with Gasteiger partial charge in [0.1, 0.15) is 11.4 Å². The Morgan fingerprint density at radius 1 is 1.30 bits per heavy atom. The maximum absolute atomic E-state index is 13.0. The second-order valence-corrected chi connectivity index (χ2v) is 6.21. The van der Waals surface area contributed by atoms with E-state index in [2.05, 4.69) is 10.4 Å². The molecule has 0 aliphatic carbocycles. The van der Waals surface area contributed by atoms with Crippen LogP contribution < -0.4 is 10.1 Å². The smallest absolute Gasteiger partial charge is 0.274 e. The SMILES string of the molecule is CCn1ncc(NC(=O)c2cccc(OC)c2C)c1C(=O)N1CCOCC1. The summed E-state index contributed by atoms with van der Waals surface area (Å²) in [5, 5.41) is 7.09. The van der Waals surface area contributed by atoms with Crippen LogP contribution in [0.3, 0.4) is 0 Å². The molecule has 0 atom stereocenters. The van der Waals surface area contributed by atoms with E-state index >= 15 is 0 Å². The van der Waals surface area contributed by atoms with Gasteiger partial charge in [-0.05, 0) is 26.0 Å². The molecule has 27 heavy (non-hydrogen) atoms.